The lowest BCUT2D eigenvalue weighted by Gasteiger charge is -2.17. The number of carbonyl (C=O) groups is 1. The molecule has 0 saturated heterocycles. The average molecular weight is 234 g/mol. The van der Waals surface area contributed by atoms with Gasteiger partial charge >= 0.3 is 0 Å². The average Bonchev–Trinajstić information content (AvgIpc) is 2.37. The molecule has 3 heteroatoms. The van der Waals surface area contributed by atoms with Crippen LogP contribution in [0.1, 0.15) is 31.3 Å². The van der Waals surface area contributed by atoms with Crippen LogP contribution < -0.4 is 0 Å². The van der Waals surface area contributed by atoms with Crippen molar-refractivity contribution in [3.63, 3.8) is 0 Å². The minimum absolute atomic E-state index is 0.311. The molecule has 0 N–H and O–H groups in total. The molecule has 1 rings (SSSR count). The minimum atomic E-state index is -0.311. The SMILES string of the molecule is CCOC(OCC)c1ccc(C=CC=O)cc1. The predicted molar refractivity (Wildman–Crippen MR) is 67.5 cm³/mol. The quantitative estimate of drug-likeness (QED) is 0.413. The fourth-order valence-corrected chi connectivity index (χ4v) is 1.46. The number of benzene rings is 1. The first-order valence-corrected chi connectivity index (χ1v) is 5.76. The maximum Gasteiger partial charge on any atom is 0.183 e. The zero-order valence-electron chi connectivity index (χ0n) is 10.3. The van der Waals surface area contributed by atoms with Crippen molar-refractivity contribution in [3.8, 4) is 0 Å². The van der Waals surface area contributed by atoms with Gasteiger partial charge in [-0.15, -0.1) is 0 Å². The molecule has 3 nitrogen and oxygen atoms in total. The lowest BCUT2D eigenvalue weighted by molar-refractivity contribution is -0.140. The van der Waals surface area contributed by atoms with E-state index in [1.807, 2.05) is 38.1 Å². The maximum absolute atomic E-state index is 10.2. The molecule has 0 heterocycles. The molecule has 1 aromatic rings. The van der Waals surface area contributed by atoms with E-state index in [0.29, 0.717) is 13.2 Å². The van der Waals surface area contributed by atoms with Crippen molar-refractivity contribution in [3.05, 3.63) is 41.5 Å². The van der Waals surface area contributed by atoms with Crippen LogP contribution in [0.3, 0.4) is 0 Å². The van der Waals surface area contributed by atoms with E-state index < -0.39 is 0 Å². The van der Waals surface area contributed by atoms with Gasteiger partial charge in [-0.3, -0.25) is 4.79 Å². The molecule has 0 radical (unpaired) electrons. The van der Waals surface area contributed by atoms with Gasteiger partial charge in [0.25, 0.3) is 0 Å². The molecule has 0 aliphatic heterocycles. The van der Waals surface area contributed by atoms with Gasteiger partial charge in [-0.1, -0.05) is 30.3 Å². The van der Waals surface area contributed by atoms with Gasteiger partial charge in [-0.25, -0.2) is 0 Å². The summed E-state index contributed by atoms with van der Waals surface area (Å²) in [6.07, 6.45) is 3.68. The van der Waals surface area contributed by atoms with E-state index in [9.17, 15) is 4.79 Å². The van der Waals surface area contributed by atoms with E-state index in [0.717, 1.165) is 17.4 Å². The molecule has 1 aromatic carbocycles. The molecule has 0 bridgehead atoms. The molecule has 0 unspecified atom stereocenters. The Labute approximate surface area is 102 Å². The highest BCUT2D eigenvalue weighted by atomic mass is 16.7. The zero-order chi connectivity index (χ0) is 12.5. The van der Waals surface area contributed by atoms with Crippen LogP contribution in [0.2, 0.25) is 0 Å². The predicted octanol–water partition coefficient (Wildman–Crippen LogP) is 2.97. The summed E-state index contributed by atoms with van der Waals surface area (Å²) in [4.78, 5) is 10.2. The van der Waals surface area contributed by atoms with Gasteiger partial charge in [0.05, 0.1) is 0 Å². The maximum atomic E-state index is 10.2. The minimum Gasteiger partial charge on any atom is -0.349 e. The van der Waals surface area contributed by atoms with Crippen molar-refractivity contribution < 1.29 is 14.3 Å². The first-order valence-electron chi connectivity index (χ1n) is 5.76. The molecule has 0 atom stereocenters. The van der Waals surface area contributed by atoms with Gasteiger partial charge in [0, 0.05) is 18.8 Å². The van der Waals surface area contributed by atoms with E-state index in [2.05, 4.69) is 0 Å². The summed E-state index contributed by atoms with van der Waals surface area (Å²) in [5.41, 5.74) is 1.96. The summed E-state index contributed by atoms with van der Waals surface area (Å²) in [6, 6.07) is 7.75. The molecule has 0 aliphatic rings. The molecule has 17 heavy (non-hydrogen) atoms. The second-order valence-corrected chi connectivity index (χ2v) is 3.40. The number of ether oxygens (including phenoxy) is 2. The third kappa shape index (κ3) is 4.51. The summed E-state index contributed by atoms with van der Waals surface area (Å²) in [5, 5.41) is 0. The molecule has 0 aliphatic carbocycles. The van der Waals surface area contributed by atoms with Crippen molar-refractivity contribution in [2.24, 2.45) is 0 Å². The Morgan fingerprint density at radius 3 is 2.18 bits per heavy atom. The van der Waals surface area contributed by atoms with Crippen molar-refractivity contribution in [2.45, 2.75) is 20.1 Å². The normalized spacial score (nSPS) is 11.2. The number of allylic oxidation sites excluding steroid dienone is 1. The van der Waals surface area contributed by atoms with Crippen LogP contribution in [0, 0.1) is 0 Å². The first kappa shape index (κ1) is 13.6. The fourth-order valence-electron chi connectivity index (χ4n) is 1.46. The van der Waals surface area contributed by atoms with Gasteiger partial charge in [0.15, 0.2) is 6.29 Å². The Kier molecular flexibility index (Phi) is 6.22. The molecule has 0 saturated carbocycles. The van der Waals surface area contributed by atoms with E-state index in [4.69, 9.17) is 9.47 Å². The van der Waals surface area contributed by atoms with Crippen LogP contribution in [-0.4, -0.2) is 19.5 Å². The van der Waals surface area contributed by atoms with Crippen molar-refractivity contribution in [1.82, 2.24) is 0 Å². The van der Waals surface area contributed by atoms with Gasteiger partial charge in [-0.05, 0) is 25.5 Å². The van der Waals surface area contributed by atoms with Crippen LogP contribution in [-0.2, 0) is 14.3 Å². The van der Waals surface area contributed by atoms with Crippen LogP contribution in [0.15, 0.2) is 30.3 Å². The third-order valence-electron chi connectivity index (χ3n) is 2.21. The number of hydrogen-bond acceptors (Lipinski definition) is 3. The lowest BCUT2D eigenvalue weighted by atomic mass is 10.1. The first-order chi connectivity index (χ1) is 8.31. The lowest BCUT2D eigenvalue weighted by Crippen LogP contribution is -2.08. The summed E-state index contributed by atoms with van der Waals surface area (Å²) in [7, 11) is 0. The van der Waals surface area contributed by atoms with Crippen molar-refractivity contribution >= 4 is 12.4 Å². The standard InChI is InChI=1S/C14H18O3/c1-3-16-14(17-4-2)13-9-7-12(8-10-13)6-5-11-15/h5-11,14H,3-4H2,1-2H3. The van der Waals surface area contributed by atoms with Gasteiger partial charge in [-0.2, -0.15) is 0 Å². The molecular formula is C14H18O3. The van der Waals surface area contributed by atoms with E-state index in [1.54, 1.807) is 6.08 Å². The van der Waals surface area contributed by atoms with E-state index in [1.165, 1.54) is 6.08 Å². The highest BCUT2D eigenvalue weighted by Gasteiger charge is 2.10. The summed E-state index contributed by atoms with van der Waals surface area (Å²) >= 11 is 0. The van der Waals surface area contributed by atoms with Gasteiger partial charge in [0.1, 0.15) is 6.29 Å². The molecule has 0 spiro atoms. The number of rotatable bonds is 7. The molecule has 92 valence electrons. The smallest absolute Gasteiger partial charge is 0.183 e. The van der Waals surface area contributed by atoms with Crippen LogP contribution in [0.4, 0.5) is 0 Å². The summed E-state index contributed by atoms with van der Waals surface area (Å²) in [5.74, 6) is 0. The number of hydrogen-bond donors (Lipinski definition) is 0. The second-order valence-electron chi connectivity index (χ2n) is 3.40. The Bertz CT molecular complexity index is 348. The Hall–Kier alpha value is -1.45. The van der Waals surface area contributed by atoms with Crippen LogP contribution in [0.25, 0.3) is 6.08 Å². The highest BCUT2D eigenvalue weighted by molar-refractivity contribution is 5.73. The monoisotopic (exact) mass is 234 g/mol. The van der Waals surface area contributed by atoms with Crippen LogP contribution >= 0.6 is 0 Å². The van der Waals surface area contributed by atoms with Crippen LogP contribution in [0.5, 0.6) is 0 Å². The highest BCUT2D eigenvalue weighted by Crippen LogP contribution is 2.19. The molecular weight excluding hydrogens is 216 g/mol. The van der Waals surface area contributed by atoms with Gasteiger partial charge in [0.2, 0.25) is 0 Å². The Morgan fingerprint density at radius 2 is 1.71 bits per heavy atom. The van der Waals surface area contributed by atoms with Crippen molar-refractivity contribution in [1.29, 1.82) is 0 Å². The zero-order valence-corrected chi connectivity index (χ0v) is 10.3. The molecule has 0 aromatic heterocycles. The second kappa shape index (κ2) is 7.76. The fraction of sp³-hybridized carbons (Fsp3) is 0.357. The third-order valence-corrected chi connectivity index (χ3v) is 2.21. The largest absolute Gasteiger partial charge is 0.349 e. The van der Waals surface area contributed by atoms with Gasteiger partial charge < -0.3 is 9.47 Å². The Balaban J connectivity index is 2.76. The van der Waals surface area contributed by atoms with E-state index >= 15 is 0 Å². The molecule has 0 amide bonds. The number of aldehydes is 1. The molecule has 0 fully saturated rings. The summed E-state index contributed by atoms with van der Waals surface area (Å²) < 4.78 is 11.0. The topological polar surface area (TPSA) is 35.5 Å². The Morgan fingerprint density at radius 1 is 1.12 bits per heavy atom. The van der Waals surface area contributed by atoms with E-state index in [-0.39, 0.29) is 6.29 Å². The number of carbonyl (C=O) groups excluding carboxylic acids is 1. The van der Waals surface area contributed by atoms with Crippen molar-refractivity contribution in [2.75, 3.05) is 13.2 Å². The summed E-state index contributed by atoms with van der Waals surface area (Å²) in [6.45, 7) is 5.09.